The number of aromatic nitrogens is 2. The fraction of sp³-hybridized carbons (Fsp3) is 0.375. The van der Waals surface area contributed by atoms with Crippen molar-refractivity contribution in [1.82, 2.24) is 9.97 Å². The van der Waals surface area contributed by atoms with Crippen molar-refractivity contribution in [1.29, 1.82) is 0 Å². The van der Waals surface area contributed by atoms with Crippen LogP contribution in [-0.2, 0) is 4.79 Å². The molecule has 1 aromatic rings. The van der Waals surface area contributed by atoms with Crippen molar-refractivity contribution in [2.75, 3.05) is 0 Å². The topological polar surface area (TPSA) is 83.0 Å². The van der Waals surface area contributed by atoms with Crippen LogP contribution in [0.1, 0.15) is 24.0 Å². The predicted molar refractivity (Wildman–Crippen MR) is 44.3 cm³/mol. The van der Waals surface area contributed by atoms with Gasteiger partial charge in [0.2, 0.25) is 0 Å². The maximum atomic E-state index is 11.3. The summed E-state index contributed by atoms with van der Waals surface area (Å²) in [5.41, 5.74) is 0. The quantitative estimate of drug-likeness (QED) is 0.671. The van der Waals surface area contributed by atoms with E-state index in [2.05, 4.69) is 9.97 Å². The largest absolute Gasteiger partial charge is 0.481 e. The first-order chi connectivity index (χ1) is 6.11. The highest BCUT2D eigenvalue weighted by Crippen LogP contribution is 2.06. The molecule has 1 aromatic heterocycles. The molecule has 1 atom stereocenters. The lowest BCUT2D eigenvalue weighted by molar-refractivity contribution is -0.141. The SMILES string of the molecule is CC(CC(=O)c1ncc[nH]1)C(=O)O. The molecule has 0 bridgehead atoms. The summed E-state index contributed by atoms with van der Waals surface area (Å²) in [5.74, 6) is -1.70. The number of H-pyrrole nitrogens is 1. The smallest absolute Gasteiger partial charge is 0.306 e. The monoisotopic (exact) mass is 182 g/mol. The molecule has 0 aromatic carbocycles. The molecule has 1 rings (SSSR count). The Balaban J connectivity index is 2.56. The second-order valence-corrected chi connectivity index (χ2v) is 2.80. The molecule has 5 heteroatoms. The number of aromatic amines is 1. The lowest BCUT2D eigenvalue weighted by Crippen LogP contribution is -2.15. The number of carboxylic acid groups (broad SMARTS) is 1. The van der Waals surface area contributed by atoms with Gasteiger partial charge in [-0.15, -0.1) is 0 Å². The lowest BCUT2D eigenvalue weighted by Gasteiger charge is -2.02. The van der Waals surface area contributed by atoms with Crippen LogP contribution < -0.4 is 0 Å². The third kappa shape index (κ3) is 2.40. The average molecular weight is 182 g/mol. The number of Topliss-reactive ketones (excluding diaryl/α,β-unsaturated/α-hetero) is 1. The lowest BCUT2D eigenvalue weighted by atomic mass is 10.1. The Morgan fingerprint density at radius 3 is 2.85 bits per heavy atom. The molecule has 2 N–H and O–H groups in total. The van der Waals surface area contributed by atoms with Crippen molar-refractivity contribution in [3.05, 3.63) is 18.2 Å². The molecule has 1 heterocycles. The molecule has 0 amide bonds. The van der Waals surface area contributed by atoms with Crippen LogP contribution >= 0.6 is 0 Å². The summed E-state index contributed by atoms with van der Waals surface area (Å²) in [6, 6.07) is 0. The van der Waals surface area contributed by atoms with Crippen LogP contribution in [-0.4, -0.2) is 26.8 Å². The molecule has 0 radical (unpaired) electrons. The number of nitrogens with zero attached hydrogens (tertiary/aromatic N) is 1. The van der Waals surface area contributed by atoms with Crippen molar-refractivity contribution in [2.45, 2.75) is 13.3 Å². The van der Waals surface area contributed by atoms with Crippen molar-refractivity contribution >= 4 is 11.8 Å². The minimum Gasteiger partial charge on any atom is -0.481 e. The summed E-state index contributed by atoms with van der Waals surface area (Å²) in [6.07, 6.45) is 2.96. The van der Waals surface area contributed by atoms with Crippen LogP contribution in [0.5, 0.6) is 0 Å². The Hall–Kier alpha value is -1.65. The Morgan fingerprint density at radius 2 is 2.38 bits per heavy atom. The summed E-state index contributed by atoms with van der Waals surface area (Å²) in [6.45, 7) is 1.49. The van der Waals surface area contributed by atoms with Gasteiger partial charge >= 0.3 is 5.97 Å². The summed E-state index contributed by atoms with van der Waals surface area (Å²) in [4.78, 5) is 28.0. The number of carbonyl (C=O) groups is 2. The van der Waals surface area contributed by atoms with E-state index in [0.717, 1.165) is 0 Å². The molecule has 0 saturated heterocycles. The van der Waals surface area contributed by atoms with Gasteiger partial charge in [-0.3, -0.25) is 9.59 Å². The van der Waals surface area contributed by atoms with Gasteiger partial charge in [-0.05, 0) is 0 Å². The number of aliphatic carboxylic acids is 1. The van der Waals surface area contributed by atoms with Gasteiger partial charge in [-0.2, -0.15) is 0 Å². The van der Waals surface area contributed by atoms with Crippen LogP contribution in [0.15, 0.2) is 12.4 Å². The van der Waals surface area contributed by atoms with E-state index in [4.69, 9.17) is 5.11 Å². The summed E-state index contributed by atoms with van der Waals surface area (Å²) in [5, 5.41) is 8.55. The van der Waals surface area contributed by atoms with Gasteiger partial charge in [0.05, 0.1) is 5.92 Å². The predicted octanol–water partition coefficient (Wildman–Crippen LogP) is 0.703. The zero-order valence-corrected chi connectivity index (χ0v) is 7.15. The molecule has 0 aliphatic carbocycles. The molecule has 1 unspecified atom stereocenters. The maximum Gasteiger partial charge on any atom is 0.306 e. The number of hydrogen-bond donors (Lipinski definition) is 2. The van der Waals surface area contributed by atoms with E-state index in [1.807, 2.05) is 0 Å². The van der Waals surface area contributed by atoms with Crippen molar-refractivity contribution in [3.63, 3.8) is 0 Å². The molecule has 5 nitrogen and oxygen atoms in total. The number of rotatable bonds is 4. The number of carboxylic acids is 1. The van der Waals surface area contributed by atoms with Gasteiger partial charge in [0.25, 0.3) is 0 Å². The van der Waals surface area contributed by atoms with E-state index in [1.165, 1.54) is 19.3 Å². The standard InChI is InChI=1S/C8H10N2O3/c1-5(8(12)13)4-6(11)7-9-2-3-10-7/h2-3,5H,4H2,1H3,(H,9,10)(H,12,13). The normalized spacial score (nSPS) is 12.4. The summed E-state index contributed by atoms with van der Waals surface area (Å²) < 4.78 is 0. The molecule has 0 aliphatic heterocycles. The molecular weight excluding hydrogens is 172 g/mol. The number of carbonyl (C=O) groups excluding carboxylic acids is 1. The van der Waals surface area contributed by atoms with E-state index in [9.17, 15) is 9.59 Å². The summed E-state index contributed by atoms with van der Waals surface area (Å²) in [7, 11) is 0. The molecular formula is C8H10N2O3. The highest BCUT2D eigenvalue weighted by Gasteiger charge is 2.17. The Bertz CT molecular complexity index is 305. The zero-order valence-electron chi connectivity index (χ0n) is 7.15. The molecule has 0 fully saturated rings. The third-order valence-corrected chi connectivity index (χ3v) is 1.68. The van der Waals surface area contributed by atoms with E-state index in [-0.39, 0.29) is 18.0 Å². The highest BCUT2D eigenvalue weighted by atomic mass is 16.4. The van der Waals surface area contributed by atoms with E-state index in [0.29, 0.717) is 0 Å². The van der Waals surface area contributed by atoms with Crippen LogP contribution in [0.4, 0.5) is 0 Å². The second-order valence-electron chi connectivity index (χ2n) is 2.80. The van der Waals surface area contributed by atoms with Gasteiger partial charge in [0, 0.05) is 18.8 Å². The molecule has 0 saturated carbocycles. The third-order valence-electron chi connectivity index (χ3n) is 1.68. The van der Waals surface area contributed by atoms with Gasteiger partial charge in [-0.1, -0.05) is 6.92 Å². The fourth-order valence-electron chi connectivity index (χ4n) is 0.880. The van der Waals surface area contributed by atoms with Crippen molar-refractivity contribution < 1.29 is 14.7 Å². The summed E-state index contributed by atoms with van der Waals surface area (Å²) >= 11 is 0. The van der Waals surface area contributed by atoms with Crippen molar-refractivity contribution in [3.8, 4) is 0 Å². The first-order valence-electron chi connectivity index (χ1n) is 3.86. The zero-order chi connectivity index (χ0) is 9.84. The van der Waals surface area contributed by atoms with Gasteiger partial charge in [0.15, 0.2) is 11.6 Å². The average Bonchev–Trinajstić information content (AvgIpc) is 2.55. The van der Waals surface area contributed by atoms with Crippen LogP contribution in [0.2, 0.25) is 0 Å². The Morgan fingerprint density at radius 1 is 1.69 bits per heavy atom. The first-order valence-corrected chi connectivity index (χ1v) is 3.86. The fourth-order valence-corrected chi connectivity index (χ4v) is 0.880. The highest BCUT2D eigenvalue weighted by molar-refractivity contribution is 5.94. The minimum atomic E-state index is -0.972. The Kier molecular flexibility index (Phi) is 2.79. The van der Waals surface area contributed by atoms with Gasteiger partial charge in [-0.25, -0.2) is 4.98 Å². The number of nitrogens with one attached hydrogen (secondary N) is 1. The molecule has 0 spiro atoms. The maximum absolute atomic E-state index is 11.3. The number of ketones is 1. The van der Waals surface area contributed by atoms with Crippen LogP contribution in [0.25, 0.3) is 0 Å². The molecule has 13 heavy (non-hydrogen) atoms. The second kappa shape index (κ2) is 3.84. The van der Waals surface area contributed by atoms with E-state index in [1.54, 1.807) is 0 Å². The minimum absolute atomic E-state index is 0.0250. The van der Waals surface area contributed by atoms with E-state index >= 15 is 0 Å². The molecule has 0 aliphatic rings. The van der Waals surface area contributed by atoms with Crippen molar-refractivity contribution in [2.24, 2.45) is 5.92 Å². The number of imidazole rings is 1. The van der Waals surface area contributed by atoms with Crippen LogP contribution in [0.3, 0.4) is 0 Å². The van der Waals surface area contributed by atoms with Gasteiger partial charge in [0.1, 0.15) is 0 Å². The molecule has 70 valence electrons. The number of hydrogen-bond acceptors (Lipinski definition) is 3. The first kappa shape index (κ1) is 9.44. The van der Waals surface area contributed by atoms with Crippen LogP contribution in [0, 0.1) is 5.92 Å². The van der Waals surface area contributed by atoms with E-state index < -0.39 is 11.9 Å². The Labute approximate surface area is 74.8 Å². The van der Waals surface area contributed by atoms with Gasteiger partial charge < -0.3 is 10.1 Å².